The summed E-state index contributed by atoms with van der Waals surface area (Å²) in [5, 5.41) is 5.42. The van der Waals surface area contributed by atoms with E-state index in [2.05, 4.69) is 40.4 Å². The molecule has 0 aliphatic heterocycles. The first-order chi connectivity index (χ1) is 10.9. The highest BCUT2D eigenvalue weighted by Crippen LogP contribution is 2.18. The molecule has 23 heavy (non-hydrogen) atoms. The van der Waals surface area contributed by atoms with Gasteiger partial charge in [-0.05, 0) is 41.8 Å². The van der Waals surface area contributed by atoms with Crippen molar-refractivity contribution >= 4 is 39.1 Å². The molecular formula is C18H19BrN2O2. The first kappa shape index (κ1) is 17.2. The summed E-state index contributed by atoms with van der Waals surface area (Å²) in [7, 11) is 0. The van der Waals surface area contributed by atoms with Crippen molar-refractivity contribution in [1.82, 2.24) is 0 Å². The van der Waals surface area contributed by atoms with E-state index in [0.717, 1.165) is 4.47 Å². The highest BCUT2D eigenvalue weighted by atomic mass is 79.9. The van der Waals surface area contributed by atoms with Crippen LogP contribution >= 0.6 is 15.9 Å². The predicted molar refractivity (Wildman–Crippen MR) is 96.5 cm³/mol. The normalized spacial score (nSPS) is 10.4. The third kappa shape index (κ3) is 5.53. The summed E-state index contributed by atoms with van der Waals surface area (Å²) in [6.07, 6.45) is -0.224. The van der Waals surface area contributed by atoms with Gasteiger partial charge in [-0.1, -0.05) is 48.0 Å². The van der Waals surface area contributed by atoms with Crippen LogP contribution in [0.15, 0.2) is 53.0 Å². The molecule has 2 N–H and O–H groups in total. The summed E-state index contributed by atoms with van der Waals surface area (Å²) in [6, 6.07) is 14.9. The topological polar surface area (TPSA) is 58.2 Å². The van der Waals surface area contributed by atoms with Crippen molar-refractivity contribution in [2.24, 2.45) is 0 Å². The zero-order valence-electron chi connectivity index (χ0n) is 13.1. The van der Waals surface area contributed by atoms with Gasteiger partial charge in [0.2, 0.25) is 11.8 Å². The minimum Gasteiger partial charge on any atom is -0.326 e. The molecule has 0 fully saturated rings. The van der Waals surface area contributed by atoms with Crippen molar-refractivity contribution in [1.29, 1.82) is 0 Å². The van der Waals surface area contributed by atoms with Gasteiger partial charge in [-0.25, -0.2) is 0 Å². The molecule has 5 heteroatoms. The average molecular weight is 375 g/mol. The second kappa shape index (κ2) is 7.92. The molecule has 2 amide bonds. The predicted octanol–water partition coefficient (Wildman–Crippen LogP) is 4.54. The smallest absolute Gasteiger partial charge is 0.233 e. The van der Waals surface area contributed by atoms with Gasteiger partial charge in [0, 0.05) is 15.8 Å². The largest absolute Gasteiger partial charge is 0.326 e. The van der Waals surface area contributed by atoms with Crippen molar-refractivity contribution in [2.75, 3.05) is 10.6 Å². The molecule has 4 nitrogen and oxygen atoms in total. The standard InChI is InChI=1S/C18H19BrN2O2/c1-12(2)13-6-8-15(9-7-13)20-17(22)11-18(23)21-16-5-3-4-14(19)10-16/h3-10,12H,11H2,1-2H3,(H,20,22)(H,21,23). The molecule has 0 aromatic heterocycles. The highest BCUT2D eigenvalue weighted by Gasteiger charge is 2.10. The lowest BCUT2D eigenvalue weighted by Gasteiger charge is -2.09. The SMILES string of the molecule is CC(C)c1ccc(NC(=O)CC(=O)Nc2cccc(Br)c2)cc1. The van der Waals surface area contributed by atoms with Crippen LogP contribution in [0.2, 0.25) is 0 Å². The number of benzene rings is 2. The van der Waals surface area contributed by atoms with E-state index in [1.165, 1.54) is 5.56 Å². The Hall–Kier alpha value is -2.14. The summed E-state index contributed by atoms with van der Waals surface area (Å²) < 4.78 is 0.866. The van der Waals surface area contributed by atoms with Gasteiger partial charge >= 0.3 is 0 Å². The molecule has 0 heterocycles. The third-order valence-corrected chi connectivity index (χ3v) is 3.78. The van der Waals surface area contributed by atoms with Crippen molar-refractivity contribution in [3.05, 3.63) is 58.6 Å². The summed E-state index contributed by atoms with van der Waals surface area (Å²) in [6.45, 7) is 4.22. The van der Waals surface area contributed by atoms with E-state index in [1.807, 2.05) is 36.4 Å². The fraction of sp³-hybridized carbons (Fsp3) is 0.222. The third-order valence-electron chi connectivity index (χ3n) is 3.29. The van der Waals surface area contributed by atoms with E-state index >= 15 is 0 Å². The molecule has 2 rings (SSSR count). The molecule has 2 aromatic rings. The Labute approximate surface area is 144 Å². The van der Waals surface area contributed by atoms with Crippen LogP contribution < -0.4 is 10.6 Å². The molecule has 0 atom stereocenters. The quantitative estimate of drug-likeness (QED) is 0.754. The Morgan fingerprint density at radius 2 is 1.57 bits per heavy atom. The highest BCUT2D eigenvalue weighted by molar-refractivity contribution is 9.10. The van der Waals surface area contributed by atoms with Crippen LogP contribution in [0.3, 0.4) is 0 Å². The molecule has 0 spiro atoms. The summed E-state index contributed by atoms with van der Waals surface area (Å²) in [5.41, 5.74) is 2.54. The zero-order chi connectivity index (χ0) is 16.8. The Morgan fingerprint density at radius 1 is 0.957 bits per heavy atom. The number of nitrogens with one attached hydrogen (secondary N) is 2. The fourth-order valence-electron chi connectivity index (χ4n) is 2.07. The number of hydrogen-bond donors (Lipinski definition) is 2. The van der Waals surface area contributed by atoms with Crippen molar-refractivity contribution < 1.29 is 9.59 Å². The second-order valence-electron chi connectivity index (χ2n) is 5.56. The number of halogens is 1. The molecule has 0 saturated heterocycles. The van der Waals surface area contributed by atoms with Crippen molar-refractivity contribution in [3.63, 3.8) is 0 Å². The van der Waals surface area contributed by atoms with Gasteiger partial charge in [-0.15, -0.1) is 0 Å². The molecule has 0 saturated carbocycles. The van der Waals surface area contributed by atoms with Crippen LogP contribution in [0.5, 0.6) is 0 Å². The second-order valence-corrected chi connectivity index (χ2v) is 6.48. The number of carbonyl (C=O) groups is 2. The van der Waals surface area contributed by atoms with Crippen LogP contribution in [-0.2, 0) is 9.59 Å². The number of carbonyl (C=O) groups excluding carboxylic acids is 2. The lowest BCUT2D eigenvalue weighted by molar-refractivity contribution is -0.123. The number of rotatable bonds is 5. The Balaban J connectivity index is 1.87. The van der Waals surface area contributed by atoms with Crippen LogP contribution in [0.1, 0.15) is 31.7 Å². The van der Waals surface area contributed by atoms with E-state index in [9.17, 15) is 9.59 Å². The maximum absolute atomic E-state index is 11.9. The molecule has 0 bridgehead atoms. The molecule has 0 aliphatic rings. The van der Waals surface area contributed by atoms with Gasteiger partial charge in [0.25, 0.3) is 0 Å². The monoisotopic (exact) mass is 374 g/mol. The molecule has 0 radical (unpaired) electrons. The van der Waals surface area contributed by atoms with Gasteiger partial charge in [-0.2, -0.15) is 0 Å². The van der Waals surface area contributed by atoms with E-state index in [1.54, 1.807) is 12.1 Å². The molecule has 0 unspecified atom stereocenters. The Morgan fingerprint density at radius 3 is 2.13 bits per heavy atom. The maximum Gasteiger partial charge on any atom is 0.233 e. The summed E-state index contributed by atoms with van der Waals surface area (Å²) >= 11 is 3.33. The van der Waals surface area contributed by atoms with Gasteiger partial charge in [0.1, 0.15) is 6.42 Å². The van der Waals surface area contributed by atoms with Gasteiger partial charge in [-0.3, -0.25) is 9.59 Å². The minimum atomic E-state index is -0.348. The first-order valence-electron chi connectivity index (χ1n) is 7.39. The minimum absolute atomic E-state index is 0.224. The van der Waals surface area contributed by atoms with Crippen LogP contribution in [-0.4, -0.2) is 11.8 Å². The lowest BCUT2D eigenvalue weighted by atomic mass is 10.0. The van der Waals surface area contributed by atoms with E-state index in [0.29, 0.717) is 17.3 Å². The summed E-state index contributed by atoms with van der Waals surface area (Å²) in [5.74, 6) is -0.245. The van der Waals surface area contributed by atoms with Crippen molar-refractivity contribution in [3.8, 4) is 0 Å². The zero-order valence-corrected chi connectivity index (χ0v) is 14.7. The van der Waals surface area contributed by atoms with Crippen LogP contribution in [0.25, 0.3) is 0 Å². The van der Waals surface area contributed by atoms with E-state index in [-0.39, 0.29) is 18.2 Å². The summed E-state index contributed by atoms with van der Waals surface area (Å²) in [4.78, 5) is 23.8. The van der Waals surface area contributed by atoms with Gasteiger partial charge in [0.05, 0.1) is 0 Å². The van der Waals surface area contributed by atoms with Crippen LogP contribution in [0.4, 0.5) is 11.4 Å². The molecular weight excluding hydrogens is 356 g/mol. The van der Waals surface area contributed by atoms with E-state index in [4.69, 9.17) is 0 Å². The fourth-order valence-corrected chi connectivity index (χ4v) is 2.47. The van der Waals surface area contributed by atoms with Crippen molar-refractivity contribution in [2.45, 2.75) is 26.2 Å². The molecule has 0 aliphatic carbocycles. The Bertz CT molecular complexity index is 696. The number of hydrogen-bond acceptors (Lipinski definition) is 2. The first-order valence-corrected chi connectivity index (χ1v) is 8.18. The van der Waals surface area contributed by atoms with E-state index < -0.39 is 0 Å². The number of amides is 2. The van der Waals surface area contributed by atoms with Gasteiger partial charge in [0.15, 0.2) is 0 Å². The average Bonchev–Trinajstić information content (AvgIpc) is 2.47. The number of anilines is 2. The molecule has 2 aromatic carbocycles. The Kier molecular flexibility index (Phi) is 5.93. The molecule has 120 valence electrons. The van der Waals surface area contributed by atoms with Gasteiger partial charge < -0.3 is 10.6 Å². The van der Waals surface area contributed by atoms with Crippen LogP contribution in [0, 0.1) is 0 Å². The lowest BCUT2D eigenvalue weighted by Crippen LogP contribution is -2.21. The maximum atomic E-state index is 11.9.